The van der Waals surface area contributed by atoms with Crippen LogP contribution in [-0.2, 0) is 0 Å². The molecule has 3 aromatic rings. The summed E-state index contributed by atoms with van der Waals surface area (Å²) < 4.78 is 51.2. The standard InChI is InChI=1S/C18H9F3O5/c19-16(20)17(21)24-11-6-4-10(5-7-11)18(23)26-14-3-1-2-13-12(14)8-9-15(22)25-13/h1-9H. The van der Waals surface area contributed by atoms with Crippen molar-refractivity contribution in [1.82, 2.24) is 0 Å². The second-order valence-corrected chi connectivity index (χ2v) is 4.97. The molecule has 0 fully saturated rings. The molecular weight excluding hydrogens is 353 g/mol. The summed E-state index contributed by atoms with van der Waals surface area (Å²) in [7, 11) is 0. The summed E-state index contributed by atoms with van der Waals surface area (Å²) >= 11 is 0. The minimum Gasteiger partial charge on any atom is -0.428 e. The Kier molecular flexibility index (Phi) is 4.74. The highest BCUT2D eigenvalue weighted by molar-refractivity contribution is 5.94. The monoisotopic (exact) mass is 362 g/mol. The van der Waals surface area contributed by atoms with Gasteiger partial charge in [0.2, 0.25) is 0 Å². The molecule has 0 aliphatic carbocycles. The Morgan fingerprint density at radius 2 is 1.62 bits per heavy atom. The van der Waals surface area contributed by atoms with E-state index >= 15 is 0 Å². The van der Waals surface area contributed by atoms with Crippen molar-refractivity contribution in [1.29, 1.82) is 0 Å². The molecule has 26 heavy (non-hydrogen) atoms. The molecule has 0 unspecified atom stereocenters. The van der Waals surface area contributed by atoms with Gasteiger partial charge in [-0.2, -0.15) is 13.2 Å². The molecule has 3 rings (SSSR count). The fourth-order valence-electron chi connectivity index (χ4n) is 2.12. The molecule has 0 aliphatic heterocycles. The van der Waals surface area contributed by atoms with E-state index in [0.29, 0.717) is 5.39 Å². The average molecular weight is 362 g/mol. The van der Waals surface area contributed by atoms with Crippen LogP contribution in [0.3, 0.4) is 0 Å². The highest BCUT2D eigenvalue weighted by Gasteiger charge is 2.13. The molecule has 0 bridgehead atoms. The van der Waals surface area contributed by atoms with E-state index < -0.39 is 23.7 Å². The lowest BCUT2D eigenvalue weighted by Crippen LogP contribution is -2.09. The predicted octanol–water partition coefficient (Wildman–Crippen LogP) is 4.43. The molecule has 0 atom stereocenters. The minimum atomic E-state index is -2.59. The molecule has 132 valence electrons. The zero-order valence-corrected chi connectivity index (χ0v) is 12.9. The number of carbonyl (C=O) groups is 1. The van der Waals surface area contributed by atoms with Crippen LogP contribution in [-0.4, -0.2) is 5.97 Å². The van der Waals surface area contributed by atoms with Crippen LogP contribution in [0, 0.1) is 0 Å². The number of benzene rings is 2. The van der Waals surface area contributed by atoms with E-state index in [1.54, 1.807) is 12.1 Å². The van der Waals surface area contributed by atoms with Crippen molar-refractivity contribution in [2.24, 2.45) is 0 Å². The van der Waals surface area contributed by atoms with Gasteiger partial charge < -0.3 is 13.9 Å². The summed E-state index contributed by atoms with van der Waals surface area (Å²) in [6, 6.07) is 9.98. The van der Waals surface area contributed by atoms with Crippen LogP contribution in [0.5, 0.6) is 11.5 Å². The lowest BCUT2D eigenvalue weighted by molar-refractivity contribution is 0.0737. The Morgan fingerprint density at radius 1 is 0.885 bits per heavy atom. The zero-order valence-electron chi connectivity index (χ0n) is 12.9. The maximum atomic E-state index is 12.7. The van der Waals surface area contributed by atoms with E-state index in [1.165, 1.54) is 30.3 Å². The van der Waals surface area contributed by atoms with Gasteiger partial charge >= 0.3 is 23.7 Å². The fraction of sp³-hybridized carbons (Fsp3) is 0. The van der Waals surface area contributed by atoms with Gasteiger partial charge in [-0.1, -0.05) is 6.07 Å². The third-order valence-electron chi connectivity index (χ3n) is 3.27. The number of fused-ring (bicyclic) bond motifs is 1. The average Bonchev–Trinajstić information content (AvgIpc) is 2.62. The predicted molar refractivity (Wildman–Crippen MR) is 84.9 cm³/mol. The van der Waals surface area contributed by atoms with E-state index in [-0.39, 0.29) is 22.6 Å². The quantitative estimate of drug-likeness (QED) is 0.297. The minimum absolute atomic E-state index is 0.0804. The Labute approximate surface area is 143 Å². The normalized spacial score (nSPS) is 10.4. The zero-order chi connectivity index (χ0) is 18.7. The van der Waals surface area contributed by atoms with Gasteiger partial charge in [0.05, 0.1) is 10.9 Å². The molecule has 0 saturated heterocycles. The molecule has 1 heterocycles. The number of hydrogen-bond acceptors (Lipinski definition) is 5. The summed E-state index contributed by atoms with van der Waals surface area (Å²) in [5.74, 6) is -0.785. The molecule has 1 aromatic heterocycles. The van der Waals surface area contributed by atoms with E-state index in [0.717, 1.165) is 12.1 Å². The Bertz CT molecular complexity index is 1050. The van der Waals surface area contributed by atoms with Crippen molar-refractivity contribution >= 4 is 16.9 Å². The van der Waals surface area contributed by atoms with E-state index in [1.807, 2.05) is 0 Å². The van der Waals surface area contributed by atoms with E-state index in [4.69, 9.17) is 9.15 Å². The van der Waals surface area contributed by atoms with Crippen LogP contribution in [0.25, 0.3) is 11.0 Å². The van der Waals surface area contributed by atoms with Crippen molar-refractivity contribution in [2.75, 3.05) is 0 Å². The third kappa shape index (κ3) is 3.75. The summed E-state index contributed by atoms with van der Waals surface area (Å²) in [6.45, 7) is 0. The maximum Gasteiger partial charge on any atom is 0.344 e. The van der Waals surface area contributed by atoms with Gasteiger partial charge in [0.25, 0.3) is 0 Å². The van der Waals surface area contributed by atoms with Crippen molar-refractivity contribution in [3.05, 3.63) is 82.7 Å². The van der Waals surface area contributed by atoms with Crippen molar-refractivity contribution in [2.45, 2.75) is 0 Å². The Balaban J connectivity index is 1.80. The molecule has 0 aliphatic rings. The number of rotatable bonds is 4. The van der Waals surface area contributed by atoms with Gasteiger partial charge in [-0.15, -0.1) is 0 Å². The molecule has 0 N–H and O–H groups in total. The van der Waals surface area contributed by atoms with Crippen LogP contribution >= 0.6 is 0 Å². The number of esters is 1. The van der Waals surface area contributed by atoms with Gasteiger partial charge in [-0.3, -0.25) is 0 Å². The van der Waals surface area contributed by atoms with Crippen LogP contribution in [0.1, 0.15) is 10.4 Å². The first-order chi connectivity index (χ1) is 12.4. The molecule has 0 amide bonds. The Morgan fingerprint density at radius 3 is 2.31 bits per heavy atom. The topological polar surface area (TPSA) is 65.7 Å². The summed E-state index contributed by atoms with van der Waals surface area (Å²) in [6.07, 6.45) is -2.59. The summed E-state index contributed by atoms with van der Waals surface area (Å²) in [5.41, 5.74) is -0.207. The maximum absolute atomic E-state index is 12.7. The first kappa shape index (κ1) is 17.3. The molecule has 0 radical (unpaired) electrons. The van der Waals surface area contributed by atoms with Crippen molar-refractivity contribution in [3.8, 4) is 11.5 Å². The van der Waals surface area contributed by atoms with Gasteiger partial charge in [0, 0.05) is 6.07 Å². The smallest absolute Gasteiger partial charge is 0.344 e. The number of carbonyl (C=O) groups excluding carboxylic acids is 1. The van der Waals surface area contributed by atoms with Crippen LogP contribution in [0.2, 0.25) is 0 Å². The number of halogens is 3. The summed E-state index contributed by atoms with van der Waals surface area (Å²) in [4.78, 5) is 23.4. The molecule has 0 saturated carbocycles. The summed E-state index contributed by atoms with van der Waals surface area (Å²) in [5, 5.41) is 0.422. The van der Waals surface area contributed by atoms with Crippen LogP contribution < -0.4 is 15.1 Å². The number of hydrogen-bond donors (Lipinski definition) is 0. The molecule has 8 heteroatoms. The second-order valence-electron chi connectivity index (χ2n) is 4.97. The lowest BCUT2D eigenvalue weighted by atomic mass is 10.2. The van der Waals surface area contributed by atoms with E-state index in [2.05, 4.69) is 4.74 Å². The van der Waals surface area contributed by atoms with Crippen molar-refractivity contribution < 1.29 is 31.9 Å². The van der Waals surface area contributed by atoms with Gasteiger partial charge in [0.1, 0.15) is 17.1 Å². The van der Waals surface area contributed by atoms with Gasteiger partial charge in [-0.25, -0.2) is 9.59 Å². The fourth-order valence-corrected chi connectivity index (χ4v) is 2.12. The molecule has 0 spiro atoms. The second kappa shape index (κ2) is 7.14. The SMILES string of the molecule is O=C(Oc1cccc2oc(=O)ccc12)c1ccc(OC(F)=C(F)F)cc1. The van der Waals surface area contributed by atoms with Crippen LogP contribution in [0.4, 0.5) is 13.2 Å². The van der Waals surface area contributed by atoms with E-state index in [9.17, 15) is 22.8 Å². The number of ether oxygens (including phenoxy) is 2. The lowest BCUT2D eigenvalue weighted by Gasteiger charge is -2.07. The molecule has 5 nitrogen and oxygen atoms in total. The van der Waals surface area contributed by atoms with Crippen LogP contribution in [0.15, 0.2) is 75.9 Å². The Hall–Kier alpha value is -3.55. The third-order valence-corrected chi connectivity index (χ3v) is 3.27. The van der Waals surface area contributed by atoms with Crippen molar-refractivity contribution in [3.63, 3.8) is 0 Å². The first-order valence-corrected chi connectivity index (χ1v) is 7.18. The molecule has 2 aromatic carbocycles. The van der Waals surface area contributed by atoms with Gasteiger partial charge in [0.15, 0.2) is 0 Å². The molecular formula is C18H9F3O5. The highest BCUT2D eigenvalue weighted by Crippen LogP contribution is 2.25. The highest BCUT2D eigenvalue weighted by atomic mass is 19.3. The van der Waals surface area contributed by atoms with Gasteiger partial charge in [-0.05, 0) is 42.5 Å². The largest absolute Gasteiger partial charge is 0.428 e. The first-order valence-electron chi connectivity index (χ1n) is 7.18.